The smallest absolute Gasteiger partial charge is 0.244 e. The van der Waals surface area contributed by atoms with Gasteiger partial charge in [0, 0.05) is 13.1 Å². The molecule has 9 heteroatoms. The summed E-state index contributed by atoms with van der Waals surface area (Å²) in [5.41, 5.74) is -0.0163. The standard InChI is InChI=1S/C19H21FN4O3S/c20-14-5-1-2-6-15(14)21-18(25)13-24-11-9-19(10-12-24)22-16-7-3-4-8-17(16)28(26,27)23-19/h1-8,22-23H,9-13H2,(H,21,25). The van der Waals surface area contributed by atoms with E-state index in [1.54, 1.807) is 36.4 Å². The van der Waals surface area contributed by atoms with Crippen LogP contribution in [-0.4, -0.2) is 44.5 Å². The van der Waals surface area contributed by atoms with Gasteiger partial charge in [0.25, 0.3) is 0 Å². The zero-order valence-corrected chi connectivity index (χ0v) is 15.9. The van der Waals surface area contributed by atoms with Gasteiger partial charge in [-0.3, -0.25) is 9.69 Å². The van der Waals surface area contributed by atoms with E-state index in [0.29, 0.717) is 31.6 Å². The molecule has 148 valence electrons. The number of hydrogen-bond acceptors (Lipinski definition) is 5. The minimum Gasteiger partial charge on any atom is -0.365 e. The number of carbonyl (C=O) groups is 1. The number of nitrogens with one attached hydrogen (secondary N) is 3. The van der Waals surface area contributed by atoms with Crippen molar-refractivity contribution in [3.63, 3.8) is 0 Å². The highest BCUT2D eigenvalue weighted by molar-refractivity contribution is 7.89. The second-order valence-electron chi connectivity index (χ2n) is 7.11. The number of amides is 1. The molecule has 0 unspecified atom stereocenters. The normalized spacial score (nSPS) is 20.2. The average Bonchev–Trinajstić information content (AvgIpc) is 2.65. The first kappa shape index (κ1) is 18.9. The Hall–Kier alpha value is -2.49. The monoisotopic (exact) mass is 404 g/mol. The van der Waals surface area contributed by atoms with Crippen LogP contribution in [0.5, 0.6) is 0 Å². The van der Waals surface area contributed by atoms with Crippen molar-refractivity contribution in [2.45, 2.75) is 23.4 Å². The lowest BCUT2D eigenvalue weighted by Crippen LogP contribution is -2.62. The summed E-state index contributed by atoms with van der Waals surface area (Å²) >= 11 is 0. The molecular weight excluding hydrogens is 383 g/mol. The van der Waals surface area contributed by atoms with E-state index < -0.39 is 21.5 Å². The van der Waals surface area contributed by atoms with Crippen LogP contribution in [0, 0.1) is 5.82 Å². The first-order chi connectivity index (χ1) is 13.4. The molecule has 1 spiro atoms. The van der Waals surface area contributed by atoms with Crippen molar-refractivity contribution in [3.8, 4) is 0 Å². The predicted molar refractivity (Wildman–Crippen MR) is 104 cm³/mol. The summed E-state index contributed by atoms with van der Waals surface area (Å²) in [4.78, 5) is 14.4. The fraction of sp³-hybridized carbons (Fsp3) is 0.316. The lowest BCUT2D eigenvalue weighted by Gasteiger charge is -2.45. The van der Waals surface area contributed by atoms with E-state index in [1.807, 2.05) is 4.90 Å². The minimum atomic E-state index is -3.59. The number of hydrogen-bond donors (Lipinski definition) is 3. The summed E-state index contributed by atoms with van der Waals surface area (Å²) in [6.45, 7) is 1.18. The van der Waals surface area contributed by atoms with Crippen LogP contribution >= 0.6 is 0 Å². The number of likely N-dealkylation sites (tertiary alicyclic amines) is 1. The number of halogens is 1. The molecule has 2 aromatic carbocycles. The summed E-state index contributed by atoms with van der Waals surface area (Å²) in [6.07, 6.45) is 1.01. The third-order valence-electron chi connectivity index (χ3n) is 5.11. The average molecular weight is 404 g/mol. The Labute approximate surface area is 163 Å². The van der Waals surface area contributed by atoms with Crippen LogP contribution in [0.3, 0.4) is 0 Å². The summed E-state index contributed by atoms with van der Waals surface area (Å²) in [6, 6.07) is 12.8. The molecule has 0 aliphatic carbocycles. The number of sulfonamides is 1. The number of fused-ring (bicyclic) bond motifs is 1. The van der Waals surface area contributed by atoms with Gasteiger partial charge in [0.1, 0.15) is 16.4 Å². The Morgan fingerprint density at radius 2 is 1.79 bits per heavy atom. The number of benzene rings is 2. The number of rotatable bonds is 3. The molecule has 1 fully saturated rings. The van der Waals surface area contributed by atoms with Crippen LogP contribution in [0.15, 0.2) is 53.4 Å². The van der Waals surface area contributed by atoms with E-state index in [9.17, 15) is 17.6 Å². The van der Waals surface area contributed by atoms with Gasteiger partial charge in [-0.05, 0) is 37.1 Å². The Balaban J connectivity index is 1.39. The molecule has 1 amide bonds. The van der Waals surface area contributed by atoms with E-state index in [4.69, 9.17) is 0 Å². The fourth-order valence-electron chi connectivity index (χ4n) is 3.68. The third kappa shape index (κ3) is 3.73. The molecule has 7 nitrogen and oxygen atoms in total. The molecule has 2 aliphatic heterocycles. The van der Waals surface area contributed by atoms with Crippen LogP contribution in [-0.2, 0) is 14.8 Å². The van der Waals surface area contributed by atoms with Gasteiger partial charge >= 0.3 is 0 Å². The zero-order chi connectivity index (χ0) is 19.8. The first-order valence-corrected chi connectivity index (χ1v) is 10.5. The Morgan fingerprint density at radius 3 is 2.54 bits per heavy atom. The molecule has 1 saturated heterocycles. The zero-order valence-electron chi connectivity index (χ0n) is 15.1. The van der Waals surface area contributed by atoms with Crippen LogP contribution in [0.2, 0.25) is 0 Å². The maximum absolute atomic E-state index is 13.7. The van der Waals surface area contributed by atoms with Gasteiger partial charge in [0.05, 0.1) is 17.9 Å². The number of piperidine rings is 1. The van der Waals surface area contributed by atoms with Crippen molar-refractivity contribution in [1.82, 2.24) is 9.62 Å². The molecule has 0 bridgehead atoms. The Morgan fingerprint density at radius 1 is 1.11 bits per heavy atom. The van der Waals surface area contributed by atoms with Crippen molar-refractivity contribution in [3.05, 3.63) is 54.3 Å². The molecule has 0 aromatic heterocycles. The van der Waals surface area contributed by atoms with Gasteiger partial charge in [-0.2, -0.15) is 4.72 Å². The van der Waals surface area contributed by atoms with E-state index in [1.165, 1.54) is 12.1 Å². The number of carbonyl (C=O) groups excluding carboxylic acids is 1. The lowest BCUT2D eigenvalue weighted by atomic mass is 9.97. The van der Waals surface area contributed by atoms with Crippen molar-refractivity contribution in [1.29, 1.82) is 0 Å². The second kappa shape index (κ2) is 7.16. The fourth-order valence-corrected chi connectivity index (χ4v) is 5.22. The van der Waals surface area contributed by atoms with E-state index in [0.717, 1.165) is 0 Å². The van der Waals surface area contributed by atoms with E-state index in [2.05, 4.69) is 15.4 Å². The molecule has 3 N–H and O–H groups in total. The van der Waals surface area contributed by atoms with Crippen molar-refractivity contribution >= 4 is 27.3 Å². The summed E-state index contributed by atoms with van der Waals surface area (Å²) < 4.78 is 41.6. The van der Waals surface area contributed by atoms with Gasteiger partial charge in [0.2, 0.25) is 15.9 Å². The SMILES string of the molecule is O=C(CN1CCC2(CC1)Nc1ccccc1S(=O)(=O)N2)Nc1ccccc1F. The van der Waals surface area contributed by atoms with Gasteiger partial charge in [-0.15, -0.1) is 0 Å². The van der Waals surface area contributed by atoms with Crippen LogP contribution < -0.4 is 15.4 Å². The molecule has 4 rings (SSSR count). The summed E-state index contributed by atoms with van der Waals surface area (Å²) in [7, 11) is -3.59. The van der Waals surface area contributed by atoms with Gasteiger partial charge in [-0.25, -0.2) is 12.8 Å². The summed E-state index contributed by atoms with van der Waals surface area (Å²) in [5, 5.41) is 5.89. The van der Waals surface area contributed by atoms with Crippen molar-refractivity contribution < 1.29 is 17.6 Å². The third-order valence-corrected chi connectivity index (χ3v) is 6.70. The molecule has 0 atom stereocenters. The molecule has 2 aromatic rings. The number of nitrogens with zero attached hydrogens (tertiary/aromatic N) is 1. The molecule has 2 aliphatic rings. The Bertz CT molecular complexity index is 1000. The molecule has 28 heavy (non-hydrogen) atoms. The topological polar surface area (TPSA) is 90.5 Å². The van der Waals surface area contributed by atoms with E-state index in [-0.39, 0.29) is 23.0 Å². The molecule has 0 saturated carbocycles. The van der Waals surface area contributed by atoms with Crippen molar-refractivity contribution in [2.75, 3.05) is 30.3 Å². The van der Waals surface area contributed by atoms with E-state index >= 15 is 0 Å². The van der Waals surface area contributed by atoms with Crippen LogP contribution in [0.4, 0.5) is 15.8 Å². The lowest BCUT2D eigenvalue weighted by molar-refractivity contribution is -0.117. The van der Waals surface area contributed by atoms with Gasteiger partial charge in [0.15, 0.2) is 0 Å². The van der Waals surface area contributed by atoms with Gasteiger partial charge in [-0.1, -0.05) is 24.3 Å². The number of para-hydroxylation sites is 2. The van der Waals surface area contributed by atoms with Crippen molar-refractivity contribution in [2.24, 2.45) is 0 Å². The molecule has 2 heterocycles. The number of anilines is 2. The second-order valence-corrected chi connectivity index (χ2v) is 8.76. The summed E-state index contributed by atoms with van der Waals surface area (Å²) in [5.74, 6) is -0.781. The molecule has 0 radical (unpaired) electrons. The highest BCUT2D eigenvalue weighted by Gasteiger charge is 2.43. The highest BCUT2D eigenvalue weighted by atomic mass is 32.2. The molecular formula is C19H21FN4O3S. The first-order valence-electron chi connectivity index (χ1n) is 9.05. The minimum absolute atomic E-state index is 0.119. The predicted octanol–water partition coefficient (Wildman–Crippen LogP) is 1.96. The maximum atomic E-state index is 13.7. The van der Waals surface area contributed by atoms with Crippen LogP contribution in [0.25, 0.3) is 0 Å². The maximum Gasteiger partial charge on any atom is 0.244 e. The quantitative estimate of drug-likeness (QED) is 0.728. The largest absolute Gasteiger partial charge is 0.365 e. The van der Waals surface area contributed by atoms with Gasteiger partial charge < -0.3 is 10.6 Å². The Kier molecular flexibility index (Phi) is 4.82. The van der Waals surface area contributed by atoms with Crippen LogP contribution in [0.1, 0.15) is 12.8 Å². The highest BCUT2D eigenvalue weighted by Crippen LogP contribution is 2.34.